The van der Waals surface area contributed by atoms with Gasteiger partial charge in [-0.15, -0.1) is 0 Å². The van der Waals surface area contributed by atoms with Crippen LogP contribution in [0.25, 0.3) is 0 Å². The van der Waals surface area contributed by atoms with Crippen LogP contribution in [-0.4, -0.2) is 39.0 Å². The van der Waals surface area contributed by atoms with Crippen molar-refractivity contribution in [2.75, 3.05) is 7.05 Å². The molecule has 2 atom stereocenters. The molecule has 1 heterocycles. The van der Waals surface area contributed by atoms with E-state index in [4.69, 9.17) is 0 Å². The van der Waals surface area contributed by atoms with E-state index in [-0.39, 0.29) is 6.10 Å². The third-order valence-electron chi connectivity index (χ3n) is 3.43. The van der Waals surface area contributed by atoms with Gasteiger partial charge in [-0.1, -0.05) is 0 Å². The minimum atomic E-state index is -0.102. The highest BCUT2D eigenvalue weighted by molar-refractivity contribution is 5.03. The second-order valence-electron chi connectivity index (χ2n) is 4.91. The summed E-state index contributed by atoms with van der Waals surface area (Å²) in [5.74, 6) is 0. The molecule has 0 bridgehead atoms. The largest absolute Gasteiger partial charge is 0.393 e. The maximum absolute atomic E-state index is 9.66. The Balaban J connectivity index is 1.89. The lowest BCUT2D eigenvalue weighted by Crippen LogP contribution is -2.37. The molecule has 0 radical (unpaired) electrons. The third kappa shape index (κ3) is 2.83. The maximum Gasteiger partial charge on any atom is 0.0555 e. The van der Waals surface area contributed by atoms with Crippen molar-refractivity contribution in [2.24, 2.45) is 7.05 Å². The summed E-state index contributed by atoms with van der Waals surface area (Å²) in [6, 6.07) is 0.518. The molecule has 4 heteroatoms. The van der Waals surface area contributed by atoms with E-state index in [0.29, 0.717) is 6.04 Å². The van der Waals surface area contributed by atoms with Gasteiger partial charge in [-0.25, -0.2) is 0 Å². The molecule has 2 rings (SSSR count). The fourth-order valence-corrected chi connectivity index (χ4v) is 2.51. The molecule has 1 fully saturated rings. The highest BCUT2D eigenvalue weighted by Crippen LogP contribution is 2.23. The Kier molecular flexibility index (Phi) is 3.61. The van der Waals surface area contributed by atoms with Crippen molar-refractivity contribution in [2.45, 2.75) is 44.4 Å². The molecule has 1 aromatic rings. The summed E-state index contributed by atoms with van der Waals surface area (Å²) >= 11 is 0. The van der Waals surface area contributed by atoms with Crippen molar-refractivity contribution < 1.29 is 5.11 Å². The Morgan fingerprint density at radius 2 is 2.38 bits per heavy atom. The molecule has 0 aromatic carbocycles. The van der Waals surface area contributed by atoms with E-state index in [9.17, 15) is 5.11 Å². The fraction of sp³-hybridized carbons (Fsp3) is 0.750. The Labute approximate surface area is 96.9 Å². The number of aromatic nitrogens is 2. The first-order valence-corrected chi connectivity index (χ1v) is 6.01. The Morgan fingerprint density at radius 3 is 3.00 bits per heavy atom. The van der Waals surface area contributed by atoms with Crippen molar-refractivity contribution in [3.8, 4) is 0 Å². The van der Waals surface area contributed by atoms with Gasteiger partial charge < -0.3 is 5.11 Å². The van der Waals surface area contributed by atoms with Crippen molar-refractivity contribution >= 4 is 0 Å². The van der Waals surface area contributed by atoms with Crippen LogP contribution in [0.5, 0.6) is 0 Å². The maximum atomic E-state index is 9.66. The number of aryl methyl sites for hydroxylation is 1. The van der Waals surface area contributed by atoms with E-state index in [2.05, 4.69) is 23.2 Å². The van der Waals surface area contributed by atoms with Crippen LogP contribution in [-0.2, 0) is 13.6 Å². The average Bonchev–Trinajstić information content (AvgIpc) is 2.64. The molecule has 0 saturated heterocycles. The zero-order valence-corrected chi connectivity index (χ0v) is 10.1. The highest BCUT2D eigenvalue weighted by Gasteiger charge is 2.23. The number of rotatable bonds is 3. The lowest BCUT2D eigenvalue weighted by molar-refractivity contribution is 0.0700. The predicted octanol–water partition coefficient (Wildman–Crippen LogP) is 1.16. The van der Waals surface area contributed by atoms with E-state index < -0.39 is 0 Å². The minimum absolute atomic E-state index is 0.102. The number of hydrogen-bond acceptors (Lipinski definition) is 3. The molecule has 1 aliphatic carbocycles. The first-order valence-electron chi connectivity index (χ1n) is 6.01. The molecule has 0 aliphatic heterocycles. The lowest BCUT2D eigenvalue weighted by atomic mass is 9.92. The number of hydrogen-bond donors (Lipinski definition) is 1. The summed E-state index contributed by atoms with van der Waals surface area (Å²) in [5.41, 5.74) is 1.24. The topological polar surface area (TPSA) is 41.3 Å². The lowest BCUT2D eigenvalue weighted by Gasteiger charge is -2.33. The van der Waals surface area contributed by atoms with E-state index >= 15 is 0 Å². The van der Waals surface area contributed by atoms with Crippen LogP contribution >= 0.6 is 0 Å². The molecule has 2 unspecified atom stereocenters. The number of aliphatic hydroxyl groups excluding tert-OH is 1. The monoisotopic (exact) mass is 223 g/mol. The molecule has 0 spiro atoms. The average molecular weight is 223 g/mol. The van der Waals surface area contributed by atoms with Crippen molar-refractivity contribution in [1.29, 1.82) is 0 Å². The molecule has 4 nitrogen and oxygen atoms in total. The van der Waals surface area contributed by atoms with Crippen LogP contribution in [0.15, 0.2) is 12.4 Å². The molecule has 16 heavy (non-hydrogen) atoms. The molecule has 1 aliphatic rings. The molecular formula is C12H21N3O. The molecule has 1 saturated carbocycles. The van der Waals surface area contributed by atoms with Gasteiger partial charge in [0, 0.05) is 31.4 Å². The summed E-state index contributed by atoms with van der Waals surface area (Å²) in [4.78, 5) is 2.33. The zero-order valence-electron chi connectivity index (χ0n) is 10.1. The summed E-state index contributed by atoms with van der Waals surface area (Å²) in [6.07, 6.45) is 8.09. The molecule has 1 aromatic heterocycles. The van der Waals surface area contributed by atoms with Gasteiger partial charge in [-0.05, 0) is 32.7 Å². The minimum Gasteiger partial charge on any atom is -0.393 e. The first-order chi connectivity index (χ1) is 7.65. The van der Waals surface area contributed by atoms with Gasteiger partial charge in [0.05, 0.1) is 12.3 Å². The zero-order chi connectivity index (χ0) is 11.5. The van der Waals surface area contributed by atoms with E-state index in [1.54, 1.807) is 0 Å². The van der Waals surface area contributed by atoms with Crippen LogP contribution < -0.4 is 0 Å². The van der Waals surface area contributed by atoms with Crippen LogP contribution in [0.3, 0.4) is 0 Å². The summed E-state index contributed by atoms with van der Waals surface area (Å²) < 4.78 is 1.83. The van der Waals surface area contributed by atoms with Crippen LogP contribution in [0.1, 0.15) is 31.2 Å². The van der Waals surface area contributed by atoms with Gasteiger partial charge in [0.15, 0.2) is 0 Å². The van der Waals surface area contributed by atoms with E-state index in [1.807, 2.05) is 17.9 Å². The normalized spacial score (nSPS) is 26.2. The summed E-state index contributed by atoms with van der Waals surface area (Å²) in [7, 11) is 4.07. The number of nitrogens with zero attached hydrogens (tertiary/aromatic N) is 3. The van der Waals surface area contributed by atoms with Gasteiger partial charge in [0.1, 0.15) is 0 Å². The van der Waals surface area contributed by atoms with Gasteiger partial charge in [-0.3, -0.25) is 9.58 Å². The Hall–Kier alpha value is -0.870. The van der Waals surface area contributed by atoms with Crippen LogP contribution in [0.2, 0.25) is 0 Å². The quantitative estimate of drug-likeness (QED) is 0.836. The second-order valence-corrected chi connectivity index (χ2v) is 4.91. The van der Waals surface area contributed by atoms with Crippen molar-refractivity contribution in [3.05, 3.63) is 18.0 Å². The van der Waals surface area contributed by atoms with Crippen molar-refractivity contribution in [1.82, 2.24) is 14.7 Å². The highest BCUT2D eigenvalue weighted by atomic mass is 16.3. The SMILES string of the molecule is CN(Cc1cnn(C)c1)C1CCCC(O)C1. The smallest absolute Gasteiger partial charge is 0.0555 e. The van der Waals surface area contributed by atoms with Gasteiger partial charge in [0.25, 0.3) is 0 Å². The molecule has 0 amide bonds. The van der Waals surface area contributed by atoms with Gasteiger partial charge >= 0.3 is 0 Å². The first kappa shape index (κ1) is 11.6. The fourth-order valence-electron chi connectivity index (χ4n) is 2.51. The standard InChI is InChI=1S/C12H21N3O/c1-14(8-10-7-13-15(2)9-10)11-4-3-5-12(16)6-11/h7,9,11-12,16H,3-6,8H2,1-2H3. The molecular weight excluding hydrogens is 202 g/mol. The van der Waals surface area contributed by atoms with E-state index in [1.165, 1.54) is 12.0 Å². The number of aliphatic hydroxyl groups is 1. The van der Waals surface area contributed by atoms with Crippen molar-refractivity contribution in [3.63, 3.8) is 0 Å². The Bertz CT molecular complexity index is 337. The van der Waals surface area contributed by atoms with E-state index in [0.717, 1.165) is 25.8 Å². The Morgan fingerprint density at radius 1 is 1.56 bits per heavy atom. The summed E-state index contributed by atoms with van der Waals surface area (Å²) in [5, 5.41) is 13.8. The molecule has 1 N–H and O–H groups in total. The van der Waals surface area contributed by atoms with Crippen LogP contribution in [0, 0.1) is 0 Å². The van der Waals surface area contributed by atoms with Gasteiger partial charge in [-0.2, -0.15) is 5.10 Å². The summed E-state index contributed by atoms with van der Waals surface area (Å²) in [6.45, 7) is 0.922. The third-order valence-corrected chi connectivity index (χ3v) is 3.43. The predicted molar refractivity (Wildman–Crippen MR) is 62.9 cm³/mol. The van der Waals surface area contributed by atoms with Crippen LogP contribution in [0.4, 0.5) is 0 Å². The molecule has 90 valence electrons. The second kappa shape index (κ2) is 4.97. The van der Waals surface area contributed by atoms with Gasteiger partial charge in [0.2, 0.25) is 0 Å².